The Morgan fingerprint density at radius 1 is 1.16 bits per heavy atom. The number of rotatable bonds is 2. The topological polar surface area (TPSA) is 30.5 Å². The van der Waals surface area contributed by atoms with Gasteiger partial charge in [-0.3, -0.25) is 0 Å². The molecular formula is C16H21NO2. The van der Waals surface area contributed by atoms with E-state index in [0.29, 0.717) is 11.5 Å². The van der Waals surface area contributed by atoms with Gasteiger partial charge < -0.3 is 14.8 Å². The molecule has 1 saturated carbocycles. The molecule has 102 valence electrons. The van der Waals surface area contributed by atoms with Crippen molar-refractivity contribution < 1.29 is 9.47 Å². The molecule has 1 atom stereocenters. The van der Waals surface area contributed by atoms with Crippen LogP contribution in [0.15, 0.2) is 18.2 Å². The number of nitrogens with one attached hydrogen (secondary N) is 1. The SMILES string of the molecule is c1cc2c(cc1CC1CCCN1)OCC1(CC1)CO2. The number of hydrogen-bond acceptors (Lipinski definition) is 3. The molecule has 0 bridgehead atoms. The molecule has 1 N–H and O–H groups in total. The molecule has 1 unspecified atom stereocenters. The van der Waals surface area contributed by atoms with Gasteiger partial charge in [0.1, 0.15) is 0 Å². The van der Waals surface area contributed by atoms with Gasteiger partial charge >= 0.3 is 0 Å². The fourth-order valence-electron chi connectivity index (χ4n) is 3.10. The summed E-state index contributed by atoms with van der Waals surface area (Å²) < 4.78 is 11.9. The lowest BCUT2D eigenvalue weighted by Crippen LogP contribution is -2.23. The van der Waals surface area contributed by atoms with Crippen LogP contribution in [0.5, 0.6) is 11.5 Å². The van der Waals surface area contributed by atoms with Crippen LogP contribution in [0.2, 0.25) is 0 Å². The van der Waals surface area contributed by atoms with Crippen LogP contribution in [-0.2, 0) is 6.42 Å². The predicted molar refractivity (Wildman–Crippen MR) is 73.8 cm³/mol. The van der Waals surface area contributed by atoms with E-state index >= 15 is 0 Å². The second kappa shape index (κ2) is 4.41. The van der Waals surface area contributed by atoms with Crippen LogP contribution in [0.25, 0.3) is 0 Å². The molecule has 1 aromatic carbocycles. The van der Waals surface area contributed by atoms with E-state index in [2.05, 4.69) is 23.5 Å². The summed E-state index contributed by atoms with van der Waals surface area (Å²) in [6.45, 7) is 2.81. The summed E-state index contributed by atoms with van der Waals surface area (Å²) in [6.07, 6.45) is 6.19. The molecule has 0 amide bonds. The highest BCUT2D eigenvalue weighted by atomic mass is 16.5. The zero-order chi connectivity index (χ0) is 12.7. The standard InChI is InChI=1S/C16H21NO2/c1-2-13(17-7-1)8-12-3-4-14-15(9-12)19-11-16(5-6-16)10-18-14/h3-4,9,13,17H,1-2,5-8,10-11H2. The van der Waals surface area contributed by atoms with Gasteiger partial charge in [0.2, 0.25) is 0 Å². The van der Waals surface area contributed by atoms with Crippen LogP contribution in [0.1, 0.15) is 31.2 Å². The van der Waals surface area contributed by atoms with E-state index in [9.17, 15) is 0 Å². The van der Waals surface area contributed by atoms with Gasteiger partial charge in [-0.15, -0.1) is 0 Å². The molecule has 4 rings (SSSR count). The van der Waals surface area contributed by atoms with Crippen molar-refractivity contribution in [1.29, 1.82) is 0 Å². The Morgan fingerprint density at radius 2 is 2.00 bits per heavy atom. The molecule has 2 heterocycles. The van der Waals surface area contributed by atoms with E-state index in [-0.39, 0.29) is 0 Å². The maximum absolute atomic E-state index is 5.99. The largest absolute Gasteiger partial charge is 0.489 e. The molecule has 0 aromatic heterocycles. The van der Waals surface area contributed by atoms with Crippen molar-refractivity contribution in [3.63, 3.8) is 0 Å². The monoisotopic (exact) mass is 259 g/mol. The summed E-state index contributed by atoms with van der Waals surface area (Å²) in [6, 6.07) is 7.09. The maximum Gasteiger partial charge on any atom is 0.161 e. The number of ether oxygens (including phenoxy) is 2. The first-order valence-electron chi connectivity index (χ1n) is 7.45. The summed E-state index contributed by atoms with van der Waals surface area (Å²) in [7, 11) is 0. The van der Waals surface area contributed by atoms with Crippen LogP contribution < -0.4 is 14.8 Å². The molecule has 2 aliphatic heterocycles. The Labute approximate surface area is 114 Å². The van der Waals surface area contributed by atoms with E-state index < -0.39 is 0 Å². The van der Waals surface area contributed by atoms with Crippen molar-refractivity contribution in [2.24, 2.45) is 5.41 Å². The van der Waals surface area contributed by atoms with Crippen molar-refractivity contribution in [2.45, 2.75) is 38.1 Å². The normalized spacial score (nSPS) is 27.3. The Balaban J connectivity index is 1.51. The average Bonchev–Trinajstić information content (AvgIpc) is 3.08. The smallest absolute Gasteiger partial charge is 0.161 e. The lowest BCUT2D eigenvalue weighted by molar-refractivity contribution is 0.197. The minimum atomic E-state index is 0.326. The zero-order valence-electron chi connectivity index (χ0n) is 11.3. The van der Waals surface area contributed by atoms with E-state index in [0.717, 1.165) is 37.7 Å². The van der Waals surface area contributed by atoms with Gasteiger partial charge in [-0.05, 0) is 56.3 Å². The van der Waals surface area contributed by atoms with E-state index in [4.69, 9.17) is 9.47 Å². The molecule has 1 aliphatic carbocycles. The van der Waals surface area contributed by atoms with E-state index in [1.807, 2.05) is 0 Å². The van der Waals surface area contributed by atoms with Crippen LogP contribution in [0, 0.1) is 5.41 Å². The van der Waals surface area contributed by atoms with Crippen LogP contribution in [0.4, 0.5) is 0 Å². The summed E-state index contributed by atoms with van der Waals surface area (Å²) >= 11 is 0. The average molecular weight is 259 g/mol. The first-order valence-corrected chi connectivity index (χ1v) is 7.45. The van der Waals surface area contributed by atoms with Gasteiger partial charge in [0.05, 0.1) is 13.2 Å². The molecule has 3 nitrogen and oxygen atoms in total. The van der Waals surface area contributed by atoms with Gasteiger partial charge in [0.15, 0.2) is 11.5 Å². The van der Waals surface area contributed by atoms with Crippen LogP contribution >= 0.6 is 0 Å². The van der Waals surface area contributed by atoms with Crippen molar-refractivity contribution in [3.8, 4) is 11.5 Å². The maximum atomic E-state index is 5.99. The van der Waals surface area contributed by atoms with E-state index in [1.165, 1.54) is 31.2 Å². The molecule has 19 heavy (non-hydrogen) atoms. The lowest BCUT2D eigenvalue weighted by Gasteiger charge is -2.12. The summed E-state index contributed by atoms with van der Waals surface area (Å²) in [4.78, 5) is 0. The van der Waals surface area contributed by atoms with Gasteiger partial charge in [-0.25, -0.2) is 0 Å². The molecule has 1 aromatic rings. The molecule has 3 heteroatoms. The number of benzene rings is 1. The molecule has 1 saturated heterocycles. The summed E-state index contributed by atoms with van der Waals surface area (Å²) in [5.41, 5.74) is 1.68. The van der Waals surface area contributed by atoms with E-state index in [1.54, 1.807) is 0 Å². The molecular weight excluding hydrogens is 238 g/mol. The summed E-state index contributed by atoms with van der Waals surface area (Å²) in [5, 5.41) is 3.55. The number of fused-ring (bicyclic) bond motifs is 1. The molecule has 2 fully saturated rings. The Bertz CT molecular complexity index is 476. The van der Waals surface area contributed by atoms with Crippen molar-refractivity contribution >= 4 is 0 Å². The van der Waals surface area contributed by atoms with Crippen LogP contribution in [0.3, 0.4) is 0 Å². The van der Waals surface area contributed by atoms with Gasteiger partial charge in [0.25, 0.3) is 0 Å². The molecule has 0 radical (unpaired) electrons. The fourth-order valence-corrected chi connectivity index (χ4v) is 3.10. The third-order valence-corrected chi connectivity index (χ3v) is 4.68. The van der Waals surface area contributed by atoms with Crippen molar-refractivity contribution in [2.75, 3.05) is 19.8 Å². The fraction of sp³-hybridized carbons (Fsp3) is 0.625. The highest BCUT2D eigenvalue weighted by Crippen LogP contribution is 2.49. The highest BCUT2D eigenvalue weighted by Gasteiger charge is 2.46. The van der Waals surface area contributed by atoms with Crippen molar-refractivity contribution in [3.05, 3.63) is 23.8 Å². The van der Waals surface area contributed by atoms with Crippen molar-refractivity contribution in [1.82, 2.24) is 5.32 Å². The lowest BCUT2D eigenvalue weighted by atomic mass is 10.0. The third-order valence-electron chi connectivity index (χ3n) is 4.68. The minimum absolute atomic E-state index is 0.326. The summed E-state index contributed by atoms with van der Waals surface area (Å²) in [5.74, 6) is 1.87. The minimum Gasteiger partial charge on any atom is -0.489 e. The Kier molecular flexibility index (Phi) is 2.69. The van der Waals surface area contributed by atoms with Crippen LogP contribution in [-0.4, -0.2) is 25.8 Å². The molecule has 1 spiro atoms. The zero-order valence-corrected chi connectivity index (χ0v) is 11.3. The second-order valence-corrected chi connectivity index (χ2v) is 6.36. The quantitative estimate of drug-likeness (QED) is 0.885. The molecule has 3 aliphatic rings. The second-order valence-electron chi connectivity index (χ2n) is 6.36. The highest BCUT2D eigenvalue weighted by molar-refractivity contribution is 5.44. The number of hydrogen-bond donors (Lipinski definition) is 1. The first kappa shape index (κ1) is 11.6. The van der Waals surface area contributed by atoms with Gasteiger partial charge in [0, 0.05) is 11.5 Å². The predicted octanol–water partition coefficient (Wildman–Crippen LogP) is 2.53. The Hall–Kier alpha value is -1.22. The van der Waals surface area contributed by atoms with Gasteiger partial charge in [-0.1, -0.05) is 6.07 Å². The Morgan fingerprint density at radius 3 is 2.74 bits per heavy atom. The first-order chi connectivity index (χ1) is 9.33. The third kappa shape index (κ3) is 2.32. The van der Waals surface area contributed by atoms with Gasteiger partial charge in [-0.2, -0.15) is 0 Å².